The Bertz CT molecular complexity index is 449. The third kappa shape index (κ3) is 1.97. The van der Waals surface area contributed by atoms with E-state index in [1.165, 1.54) is 0 Å². The lowest BCUT2D eigenvalue weighted by atomic mass is 10.1. The van der Waals surface area contributed by atoms with Crippen molar-refractivity contribution in [2.24, 2.45) is 12.9 Å². The van der Waals surface area contributed by atoms with Gasteiger partial charge in [-0.05, 0) is 28.1 Å². The number of pyridine rings is 1. The SMILES string of the molecule is Cn1nnc(Br)c1C(NN)c1ccccn1. The predicted molar refractivity (Wildman–Crippen MR) is 62.1 cm³/mol. The van der Waals surface area contributed by atoms with Gasteiger partial charge in [0.15, 0.2) is 4.60 Å². The standard InChI is InChI=1S/C9H11BrN6/c1-16-8(9(10)14-15-16)7(13-11)6-4-2-3-5-12-6/h2-5,7,13H,11H2,1H3. The van der Waals surface area contributed by atoms with Gasteiger partial charge in [0.05, 0.1) is 11.4 Å². The average Bonchev–Trinajstić information content (AvgIpc) is 2.63. The van der Waals surface area contributed by atoms with Crippen molar-refractivity contribution in [2.45, 2.75) is 6.04 Å². The molecule has 0 saturated carbocycles. The molecule has 1 unspecified atom stereocenters. The monoisotopic (exact) mass is 282 g/mol. The molecule has 2 heterocycles. The van der Waals surface area contributed by atoms with E-state index in [1.807, 2.05) is 18.2 Å². The number of halogens is 1. The molecule has 0 radical (unpaired) electrons. The summed E-state index contributed by atoms with van der Waals surface area (Å²) in [6.07, 6.45) is 1.72. The molecule has 0 aliphatic rings. The molecule has 2 rings (SSSR count). The smallest absolute Gasteiger partial charge is 0.153 e. The van der Waals surface area contributed by atoms with Gasteiger partial charge in [-0.15, -0.1) is 5.10 Å². The molecule has 3 N–H and O–H groups in total. The number of hydrogen-bond acceptors (Lipinski definition) is 5. The molecule has 0 spiro atoms. The van der Waals surface area contributed by atoms with Crippen LogP contribution in [0.1, 0.15) is 17.4 Å². The highest BCUT2D eigenvalue weighted by Crippen LogP contribution is 2.24. The lowest BCUT2D eigenvalue weighted by molar-refractivity contribution is 0.559. The number of rotatable bonds is 3. The summed E-state index contributed by atoms with van der Waals surface area (Å²) < 4.78 is 2.31. The molecule has 0 aliphatic heterocycles. The van der Waals surface area contributed by atoms with Gasteiger partial charge in [0.2, 0.25) is 0 Å². The summed E-state index contributed by atoms with van der Waals surface area (Å²) in [7, 11) is 1.81. The van der Waals surface area contributed by atoms with Crippen LogP contribution in [0, 0.1) is 0 Å². The normalized spacial score (nSPS) is 12.7. The van der Waals surface area contributed by atoms with Gasteiger partial charge < -0.3 is 0 Å². The second-order valence-electron chi connectivity index (χ2n) is 3.24. The van der Waals surface area contributed by atoms with Crippen molar-refractivity contribution in [3.8, 4) is 0 Å². The summed E-state index contributed by atoms with van der Waals surface area (Å²) in [5.74, 6) is 5.55. The zero-order chi connectivity index (χ0) is 11.5. The minimum atomic E-state index is -0.240. The van der Waals surface area contributed by atoms with Crippen molar-refractivity contribution in [3.05, 3.63) is 40.4 Å². The maximum Gasteiger partial charge on any atom is 0.153 e. The summed E-state index contributed by atoms with van der Waals surface area (Å²) in [6, 6.07) is 5.41. The van der Waals surface area contributed by atoms with Crippen LogP contribution in [0.15, 0.2) is 29.0 Å². The molecule has 2 aromatic heterocycles. The van der Waals surface area contributed by atoms with E-state index in [0.717, 1.165) is 11.4 Å². The number of hydrazine groups is 1. The van der Waals surface area contributed by atoms with E-state index in [1.54, 1.807) is 17.9 Å². The van der Waals surface area contributed by atoms with Crippen molar-refractivity contribution >= 4 is 15.9 Å². The molecule has 6 nitrogen and oxygen atoms in total. The number of hydrogen-bond donors (Lipinski definition) is 2. The Kier molecular flexibility index (Phi) is 3.28. The highest BCUT2D eigenvalue weighted by molar-refractivity contribution is 9.10. The Balaban J connectivity index is 2.45. The lowest BCUT2D eigenvalue weighted by Gasteiger charge is -2.15. The minimum Gasteiger partial charge on any atom is -0.270 e. The summed E-state index contributed by atoms with van der Waals surface area (Å²) in [5.41, 5.74) is 4.36. The van der Waals surface area contributed by atoms with Crippen molar-refractivity contribution in [3.63, 3.8) is 0 Å². The molecule has 7 heteroatoms. The fraction of sp³-hybridized carbons (Fsp3) is 0.222. The zero-order valence-electron chi connectivity index (χ0n) is 8.63. The van der Waals surface area contributed by atoms with Gasteiger partial charge in [-0.2, -0.15) is 0 Å². The first-order chi connectivity index (χ1) is 7.74. The highest BCUT2D eigenvalue weighted by atomic mass is 79.9. The molecule has 0 aliphatic carbocycles. The topological polar surface area (TPSA) is 81.7 Å². The van der Waals surface area contributed by atoms with Crippen LogP contribution < -0.4 is 11.3 Å². The highest BCUT2D eigenvalue weighted by Gasteiger charge is 2.21. The largest absolute Gasteiger partial charge is 0.270 e. The molecule has 2 aromatic rings. The van der Waals surface area contributed by atoms with Crippen LogP contribution in [-0.4, -0.2) is 20.0 Å². The Labute approximate surface area is 101 Å². The van der Waals surface area contributed by atoms with E-state index < -0.39 is 0 Å². The molecule has 16 heavy (non-hydrogen) atoms. The summed E-state index contributed by atoms with van der Waals surface area (Å²) in [4.78, 5) is 4.26. The Hall–Kier alpha value is -1.31. The number of nitrogens with one attached hydrogen (secondary N) is 1. The van der Waals surface area contributed by atoms with Crippen molar-refractivity contribution < 1.29 is 0 Å². The molecule has 0 amide bonds. The number of nitrogens with zero attached hydrogens (tertiary/aromatic N) is 4. The molecule has 0 bridgehead atoms. The molecule has 0 fully saturated rings. The molecular formula is C9H11BrN6. The van der Waals surface area contributed by atoms with Crippen LogP contribution >= 0.6 is 15.9 Å². The van der Waals surface area contributed by atoms with E-state index in [-0.39, 0.29) is 6.04 Å². The Morgan fingerprint density at radius 3 is 2.81 bits per heavy atom. The summed E-state index contributed by atoms with van der Waals surface area (Å²) in [5, 5.41) is 7.82. The van der Waals surface area contributed by atoms with Crippen LogP contribution in [0.3, 0.4) is 0 Å². The van der Waals surface area contributed by atoms with Gasteiger partial charge >= 0.3 is 0 Å². The van der Waals surface area contributed by atoms with Gasteiger partial charge in [-0.3, -0.25) is 10.8 Å². The van der Waals surface area contributed by atoms with E-state index in [0.29, 0.717) is 4.60 Å². The first-order valence-electron chi connectivity index (χ1n) is 4.66. The van der Waals surface area contributed by atoms with Crippen LogP contribution in [0.25, 0.3) is 0 Å². The van der Waals surface area contributed by atoms with Gasteiger partial charge in [-0.25, -0.2) is 10.1 Å². The fourth-order valence-corrected chi connectivity index (χ4v) is 2.05. The number of aromatic nitrogens is 4. The summed E-state index contributed by atoms with van der Waals surface area (Å²) >= 11 is 3.34. The van der Waals surface area contributed by atoms with Crippen molar-refractivity contribution in [2.75, 3.05) is 0 Å². The molecule has 84 valence electrons. The quantitative estimate of drug-likeness (QED) is 0.634. The summed E-state index contributed by atoms with van der Waals surface area (Å²) in [6.45, 7) is 0. The second kappa shape index (κ2) is 4.69. The maximum atomic E-state index is 5.55. The molecular weight excluding hydrogens is 272 g/mol. The minimum absolute atomic E-state index is 0.240. The number of aryl methyl sites for hydroxylation is 1. The first-order valence-corrected chi connectivity index (χ1v) is 5.45. The predicted octanol–water partition coefficient (Wildman–Crippen LogP) is 0.525. The van der Waals surface area contributed by atoms with Gasteiger partial charge in [0.25, 0.3) is 0 Å². The Morgan fingerprint density at radius 1 is 1.50 bits per heavy atom. The van der Waals surface area contributed by atoms with Crippen LogP contribution in [0.5, 0.6) is 0 Å². The van der Waals surface area contributed by atoms with Gasteiger partial charge in [-0.1, -0.05) is 11.3 Å². The van der Waals surface area contributed by atoms with Crippen molar-refractivity contribution in [1.82, 2.24) is 25.4 Å². The number of nitrogens with two attached hydrogens (primary N) is 1. The van der Waals surface area contributed by atoms with E-state index >= 15 is 0 Å². The first kappa shape index (κ1) is 11.2. The third-order valence-electron chi connectivity index (χ3n) is 2.25. The maximum absolute atomic E-state index is 5.55. The van der Waals surface area contributed by atoms with Crippen LogP contribution in [-0.2, 0) is 7.05 Å². The van der Waals surface area contributed by atoms with E-state index in [2.05, 4.69) is 36.7 Å². The molecule has 1 atom stereocenters. The fourth-order valence-electron chi connectivity index (χ4n) is 1.50. The van der Waals surface area contributed by atoms with Gasteiger partial charge in [0.1, 0.15) is 6.04 Å². The Morgan fingerprint density at radius 2 is 2.31 bits per heavy atom. The van der Waals surface area contributed by atoms with E-state index in [4.69, 9.17) is 5.84 Å². The third-order valence-corrected chi connectivity index (χ3v) is 2.82. The van der Waals surface area contributed by atoms with Crippen LogP contribution in [0.4, 0.5) is 0 Å². The average molecular weight is 283 g/mol. The molecule has 0 aromatic carbocycles. The lowest BCUT2D eigenvalue weighted by Crippen LogP contribution is -2.31. The second-order valence-corrected chi connectivity index (χ2v) is 3.99. The van der Waals surface area contributed by atoms with E-state index in [9.17, 15) is 0 Å². The van der Waals surface area contributed by atoms with Gasteiger partial charge in [0, 0.05) is 13.2 Å². The van der Waals surface area contributed by atoms with Crippen LogP contribution in [0.2, 0.25) is 0 Å². The van der Waals surface area contributed by atoms with Crippen molar-refractivity contribution in [1.29, 1.82) is 0 Å². The molecule has 0 saturated heterocycles. The zero-order valence-corrected chi connectivity index (χ0v) is 10.2.